The number of ether oxygens (including phenoxy) is 1. The van der Waals surface area contributed by atoms with Gasteiger partial charge in [-0.3, -0.25) is 4.98 Å². The van der Waals surface area contributed by atoms with Gasteiger partial charge >= 0.3 is 5.97 Å². The predicted octanol–water partition coefficient (Wildman–Crippen LogP) is 1.42. The zero-order valence-electron chi connectivity index (χ0n) is 7.77. The summed E-state index contributed by atoms with van der Waals surface area (Å²) >= 11 is 0.438. The van der Waals surface area contributed by atoms with Crippen LogP contribution in [-0.2, 0) is 17.8 Å². The second-order valence-electron chi connectivity index (χ2n) is 3.13. The second-order valence-corrected chi connectivity index (χ2v) is 3.72. The fraction of sp³-hybridized carbons (Fsp3) is 0.333. The van der Waals surface area contributed by atoms with Crippen LogP contribution >= 0.6 is 12.0 Å². The quantitative estimate of drug-likeness (QED) is 0.744. The monoisotopic (exact) mass is 227 g/mol. The maximum absolute atomic E-state index is 10.9. The first-order valence-corrected chi connectivity index (χ1v) is 5.14. The van der Waals surface area contributed by atoms with Gasteiger partial charge < -0.3 is 14.4 Å². The van der Waals surface area contributed by atoms with Gasteiger partial charge in [0.2, 0.25) is 0 Å². The van der Waals surface area contributed by atoms with Crippen LogP contribution in [0.5, 0.6) is 0 Å². The Bertz CT molecular complexity index is 407. The molecule has 0 bridgehead atoms. The smallest absolute Gasteiger partial charge is 0.338 e. The fourth-order valence-corrected chi connectivity index (χ4v) is 2.06. The summed E-state index contributed by atoms with van der Waals surface area (Å²) in [5.74, 6) is -1.09. The molecule has 1 aliphatic rings. The molecule has 1 aromatic rings. The summed E-state index contributed by atoms with van der Waals surface area (Å²) < 4.78 is 14.3. The maximum atomic E-state index is 10.9. The molecule has 15 heavy (non-hydrogen) atoms. The number of aromatic carboxylic acids is 1. The van der Waals surface area contributed by atoms with Gasteiger partial charge in [0, 0.05) is 35.9 Å². The van der Waals surface area contributed by atoms with Crippen molar-refractivity contribution >= 4 is 18.0 Å². The van der Waals surface area contributed by atoms with Crippen molar-refractivity contribution in [3.8, 4) is 0 Å². The number of nitrogens with zero attached hydrogens (tertiary/aromatic N) is 1. The standard InChI is InChI=1S/C9H9NO4S/c11-9(12)5-3-10-7-1-2-14-4-6(7)8(5)15-13/h3,13H,1-2,4H2,(H,11,12). The predicted molar refractivity (Wildman–Crippen MR) is 53.0 cm³/mol. The van der Waals surface area contributed by atoms with Gasteiger partial charge in [-0.25, -0.2) is 4.79 Å². The third-order valence-electron chi connectivity index (χ3n) is 2.27. The Balaban J connectivity index is 2.56. The summed E-state index contributed by atoms with van der Waals surface area (Å²) in [6.07, 6.45) is 1.94. The molecule has 0 fully saturated rings. The first-order chi connectivity index (χ1) is 7.24. The molecule has 0 radical (unpaired) electrons. The topological polar surface area (TPSA) is 79.7 Å². The molecular formula is C9H9NO4S. The molecule has 0 aliphatic carbocycles. The van der Waals surface area contributed by atoms with Crippen LogP contribution in [0.2, 0.25) is 0 Å². The number of carboxylic acid groups (broad SMARTS) is 1. The Morgan fingerprint density at radius 1 is 1.60 bits per heavy atom. The van der Waals surface area contributed by atoms with Gasteiger partial charge in [0.1, 0.15) is 0 Å². The number of carboxylic acids is 1. The summed E-state index contributed by atoms with van der Waals surface area (Å²) in [6.45, 7) is 0.897. The Kier molecular flexibility index (Phi) is 2.90. The van der Waals surface area contributed by atoms with Crippen LogP contribution in [0, 0.1) is 0 Å². The molecule has 6 heteroatoms. The highest BCUT2D eigenvalue weighted by molar-refractivity contribution is 7.93. The molecule has 2 rings (SSSR count). The highest BCUT2D eigenvalue weighted by atomic mass is 32.2. The lowest BCUT2D eigenvalue weighted by Crippen LogP contribution is -2.15. The van der Waals surface area contributed by atoms with Crippen LogP contribution in [0.4, 0.5) is 0 Å². The minimum absolute atomic E-state index is 0.0201. The van der Waals surface area contributed by atoms with Crippen molar-refractivity contribution in [3.05, 3.63) is 23.0 Å². The molecule has 0 aromatic carbocycles. The van der Waals surface area contributed by atoms with E-state index in [1.807, 2.05) is 0 Å². The molecule has 0 saturated carbocycles. The van der Waals surface area contributed by atoms with Crippen molar-refractivity contribution < 1.29 is 19.2 Å². The zero-order valence-corrected chi connectivity index (χ0v) is 8.58. The average molecular weight is 227 g/mol. The maximum Gasteiger partial charge on any atom is 0.338 e. The Labute approximate surface area is 90.3 Å². The molecule has 2 N–H and O–H groups in total. The minimum Gasteiger partial charge on any atom is -0.478 e. The van der Waals surface area contributed by atoms with Crippen LogP contribution in [0.3, 0.4) is 0 Å². The van der Waals surface area contributed by atoms with E-state index < -0.39 is 5.97 Å². The molecule has 1 aromatic heterocycles. The number of hydrogen-bond donors (Lipinski definition) is 2. The van der Waals surface area contributed by atoms with Crippen molar-refractivity contribution in [2.24, 2.45) is 0 Å². The van der Waals surface area contributed by atoms with Crippen molar-refractivity contribution in [3.63, 3.8) is 0 Å². The Hall–Kier alpha value is -1.11. The minimum atomic E-state index is -1.09. The summed E-state index contributed by atoms with van der Waals surface area (Å²) in [4.78, 5) is 15.3. The van der Waals surface area contributed by atoms with Crippen molar-refractivity contribution in [1.82, 2.24) is 4.98 Å². The molecule has 0 saturated heterocycles. The van der Waals surface area contributed by atoms with Gasteiger partial charge in [-0.1, -0.05) is 0 Å². The largest absolute Gasteiger partial charge is 0.478 e. The normalized spacial score (nSPS) is 14.7. The van der Waals surface area contributed by atoms with Crippen molar-refractivity contribution in [2.45, 2.75) is 17.9 Å². The number of fused-ring (bicyclic) bond motifs is 1. The summed E-state index contributed by atoms with van der Waals surface area (Å²) in [5.41, 5.74) is 1.52. The molecule has 0 atom stereocenters. The lowest BCUT2D eigenvalue weighted by molar-refractivity contribution is 0.0689. The Morgan fingerprint density at radius 2 is 2.40 bits per heavy atom. The number of aromatic nitrogens is 1. The summed E-state index contributed by atoms with van der Waals surface area (Å²) in [6, 6.07) is 0. The third kappa shape index (κ3) is 1.83. The lowest BCUT2D eigenvalue weighted by atomic mass is 10.1. The molecule has 0 unspecified atom stereocenters. The highest BCUT2D eigenvalue weighted by Crippen LogP contribution is 2.29. The van der Waals surface area contributed by atoms with E-state index in [4.69, 9.17) is 14.4 Å². The van der Waals surface area contributed by atoms with Gasteiger partial charge in [-0.15, -0.1) is 0 Å². The van der Waals surface area contributed by atoms with Gasteiger partial charge in [-0.05, 0) is 0 Å². The van der Waals surface area contributed by atoms with Crippen LogP contribution in [0.25, 0.3) is 0 Å². The molecule has 0 amide bonds. The summed E-state index contributed by atoms with van der Waals surface area (Å²) in [7, 11) is 0. The van der Waals surface area contributed by atoms with Crippen LogP contribution in [0.1, 0.15) is 21.6 Å². The number of rotatable bonds is 2. The molecule has 1 aliphatic heterocycles. The molecular weight excluding hydrogens is 218 g/mol. The van der Waals surface area contributed by atoms with Gasteiger partial charge in [0.15, 0.2) is 0 Å². The van der Waals surface area contributed by atoms with E-state index in [0.29, 0.717) is 42.1 Å². The number of hydrogen-bond acceptors (Lipinski definition) is 5. The van der Waals surface area contributed by atoms with E-state index in [1.165, 1.54) is 6.20 Å². The van der Waals surface area contributed by atoms with Crippen molar-refractivity contribution in [2.75, 3.05) is 6.61 Å². The second kappa shape index (κ2) is 4.18. The van der Waals surface area contributed by atoms with E-state index in [0.717, 1.165) is 5.69 Å². The van der Waals surface area contributed by atoms with Gasteiger partial charge in [-0.2, -0.15) is 0 Å². The fourth-order valence-electron chi connectivity index (χ4n) is 1.54. The van der Waals surface area contributed by atoms with Gasteiger partial charge in [0.25, 0.3) is 0 Å². The average Bonchev–Trinajstić information content (AvgIpc) is 2.27. The first-order valence-electron chi connectivity index (χ1n) is 4.37. The van der Waals surface area contributed by atoms with Crippen LogP contribution in [0.15, 0.2) is 11.1 Å². The third-order valence-corrected chi connectivity index (χ3v) is 2.92. The lowest BCUT2D eigenvalue weighted by Gasteiger charge is -2.18. The van der Waals surface area contributed by atoms with E-state index in [1.54, 1.807) is 0 Å². The molecule has 5 nitrogen and oxygen atoms in total. The summed E-state index contributed by atoms with van der Waals surface area (Å²) in [5, 5.41) is 8.89. The number of pyridine rings is 1. The van der Waals surface area contributed by atoms with E-state index in [9.17, 15) is 4.79 Å². The zero-order chi connectivity index (χ0) is 10.8. The molecule has 0 spiro atoms. The SMILES string of the molecule is O=C(O)c1cnc2c(c1SO)COCC2. The van der Waals surface area contributed by atoms with Crippen molar-refractivity contribution in [1.29, 1.82) is 0 Å². The van der Waals surface area contributed by atoms with Gasteiger partial charge in [0.05, 0.1) is 23.7 Å². The van der Waals surface area contributed by atoms with E-state index >= 15 is 0 Å². The van der Waals surface area contributed by atoms with Crippen LogP contribution < -0.4 is 0 Å². The molecule has 2 heterocycles. The Morgan fingerprint density at radius 3 is 3.07 bits per heavy atom. The van der Waals surface area contributed by atoms with Crippen LogP contribution in [-0.4, -0.2) is 27.2 Å². The van der Waals surface area contributed by atoms with E-state index in [-0.39, 0.29) is 5.56 Å². The highest BCUT2D eigenvalue weighted by Gasteiger charge is 2.21. The number of carbonyl (C=O) groups is 1. The first kappa shape index (κ1) is 10.4. The van der Waals surface area contributed by atoms with E-state index in [2.05, 4.69) is 4.98 Å². The molecule has 80 valence electrons.